The molecule has 0 atom stereocenters. The van der Waals surface area contributed by atoms with Gasteiger partial charge in [-0.15, -0.1) is 0 Å². The van der Waals surface area contributed by atoms with Crippen LogP contribution in [0.15, 0.2) is 30.6 Å². The minimum Gasteiger partial charge on any atom is -0.371 e. The van der Waals surface area contributed by atoms with E-state index in [0.717, 1.165) is 43.4 Å². The molecule has 1 N–H and O–H groups in total. The Kier molecular flexibility index (Phi) is 5.05. The van der Waals surface area contributed by atoms with Crippen molar-refractivity contribution in [3.05, 3.63) is 42.1 Å². The first kappa shape index (κ1) is 15.7. The predicted octanol–water partition coefficient (Wildman–Crippen LogP) is 3.07. The standard InChI is InChI=1S/C18H25N5/c1-3-16-12-18(22-14(2)21-16)20-13-15-6-10-23(11-7-15)17-4-8-19-9-5-17/h4-5,8-9,12,15H,3,6-7,10-11,13H2,1-2H3,(H,20,21,22). The summed E-state index contributed by atoms with van der Waals surface area (Å²) in [7, 11) is 0. The van der Waals surface area contributed by atoms with Gasteiger partial charge in [0.2, 0.25) is 0 Å². The predicted molar refractivity (Wildman–Crippen MR) is 93.8 cm³/mol. The Morgan fingerprint density at radius 3 is 2.61 bits per heavy atom. The quantitative estimate of drug-likeness (QED) is 0.919. The first-order chi connectivity index (χ1) is 11.2. The Hall–Kier alpha value is -2.17. The van der Waals surface area contributed by atoms with Gasteiger partial charge < -0.3 is 10.2 Å². The van der Waals surface area contributed by atoms with E-state index < -0.39 is 0 Å². The molecule has 5 heteroatoms. The number of aromatic nitrogens is 3. The van der Waals surface area contributed by atoms with E-state index >= 15 is 0 Å². The fourth-order valence-electron chi connectivity index (χ4n) is 3.10. The lowest BCUT2D eigenvalue weighted by atomic mass is 9.96. The minimum atomic E-state index is 0.702. The maximum atomic E-state index is 4.49. The summed E-state index contributed by atoms with van der Waals surface area (Å²) in [6, 6.07) is 6.25. The van der Waals surface area contributed by atoms with E-state index in [1.54, 1.807) is 0 Å². The molecule has 0 radical (unpaired) electrons. The lowest BCUT2D eigenvalue weighted by molar-refractivity contribution is 0.423. The second kappa shape index (κ2) is 7.40. The van der Waals surface area contributed by atoms with Crippen molar-refractivity contribution < 1.29 is 0 Å². The molecule has 0 spiro atoms. The molecule has 2 aromatic heterocycles. The van der Waals surface area contributed by atoms with E-state index in [-0.39, 0.29) is 0 Å². The molecule has 0 aromatic carbocycles. The number of piperidine rings is 1. The van der Waals surface area contributed by atoms with Gasteiger partial charge in [-0.05, 0) is 44.2 Å². The number of aryl methyl sites for hydroxylation is 2. The third kappa shape index (κ3) is 4.18. The van der Waals surface area contributed by atoms with Gasteiger partial charge in [-0.1, -0.05) is 6.92 Å². The first-order valence-electron chi connectivity index (χ1n) is 8.48. The maximum absolute atomic E-state index is 4.49. The van der Waals surface area contributed by atoms with Gasteiger partial charge in [-0.25, -0.2) is 9.97 Å². The van der Waals surface area contributed by atoms with Crippen LogP contribution < -0.4 is 10.2 Å². The topological polar surface area (TPSA) is 53.9 Å². The van der Waals surface area contributed by atoms with E-state index in [4.69, 9.17) is 0 Å². The van der Waals surface area contributed by atoms with Gasteiger partial charge in [-0.2, -0.15) is 0 Å². The van der Waals surface area contributed by atoms with Crippen LogP contribution in [0.25, 0.3) is 0 Å². The van der Waals surface area contributed by atoms with E-state index in [0.29, 0.717) is 5.92 Å². The molecule has 3 heterocycles. The van der Waals surface area contributed by atoms with E-state index in [9.17, 15) is 0 Å². The molecule has 0 aliphatic carbocycles. The van der Waals surface area contributed by atoms with Gasteiger partial charge in [0.1, 0.15) is 11.6 Å². The molecule has 5 nitrogen and oxygen atoms in total. The molecule has 0 amide bonds. The second-order valence-electron chi connectivity index (χ2n) is 6.16. The molecule has 1 aliphatic heterocycles. The highest BCUT2D eigenvalue weighted by atomic mass is 15.1. The monoisotopic (exact) mass is 311 g/mol. The first-order valence-corrected chi connectivity index (χ1v) is 8.48. The lowest BCUT2D eigenvalue weighted by Gasteiger charge is -2.33. The Labute approximate surface area is 138 Å². The summed E-state index contributed by atoms with van der Waals surface area (Å²) in [6.45, 7) is 7.29. The third-order valence-electron chi connectivity index (χ3n) is 4.47. The highest BCUT2D eigenvalue weighted by Crippen LogP contribution is 2.23. The van der Waals surface area contributed by atoms with Gasteiger partial charge in [-0.3, -0.25) is 4.98 Å². The Balaban J connectivity index is 1.50. The maximum Gasteiger partial charge on any atom is 0.129 e. The normalized spacial score (nSPS) is 15.7. The van der Waals surface area contributed by atoms with Crippen LogP contribution in [-0.4, -0.2) is 34.6 Å². The molecule has 1 fully saturated rings. The average Bonchev–Trinajstić information content (AvgIpc) is 2.60. The lowest BCUT2D eigenvalue weighted by Crippen LogP contribution is -2.35. The zero-order chi connectivity index (χ0) is 16.1. The molecule has 2 aromatic rings. The van der Waals surface area contributed by atoms with E-state index in [1.807, 2.05) is 19.3 Å². The fraction of sp³-hybridized carbons (Fsp3) is 0.500. The van der Waals surface area contributed by atoms with Crippen LogP contribution in [-0.2, 0) is 6.42 Å². The summed E-state index contributed by atoms with van der Waals surface area (Å²) in [5.74, 6) is 2.51. The summed E-state index contributed by atoms with van der Waals surface area (Å²) < 4.78 is 0. The number of nitrogens with zero attached hydrogens (tertiary/aromatic N) is 4. The smallest absolute Gasteiger partial charge is 0.129 e. The number of anilines is 2. The SMILES string of the molecule is CCc1cc(NCC2CCN(c3ccncc3)CC2)nc(C)n1. The van der Waals surface area contributed by atoms with Gasteiger partial charge >= 0.3 is 0 Å². The molecular formula is C18H25N5. The third-order valence-corrected chi connectivity index (χ3v) is 4.47. The van der Waals surface area contributed by atoms with Crippen LogP contribution in [0.4, 0.5) is 11.5 Å². The molecule has 0 bridgehead atoms. The highest BCUT2D eigenvalue weighted by Gasteiger charge is 2.19. The van der Waals surface area contributed by atoms with E-state index in [1.165, 1.54) is 18.5 Å². The summed E-state index contributed by atoms with van der Waals surface area (Å²) >= 11 is 0. The Bertz CT molecular complexity index is 621. The molecular weight excluding hydrogens is 286 g/mol. The molecule has 23 heavy (non-hydrogen) atoms. The number of pyridine rings is 1. The van der Waals surface area contributed by atoms with Gasteiger partial charge in [0, 0.05) is 49.5 Å². The van der Waals surface area contributed by atoms with Gasteiger partial charge in [0.05, 0.1) is 0 Å². The number of rotatable bonds is 5. The van der Waals surface area contributed by atoms with Crippen molar-refractivity contribution in [1.82, 2.24) is 15.0 Å². The number of hydrogen-bond acceptors (Lipinski definition) is 5. The molecule has 1 saturated heterocycles. The van der Waals surface area contributed by atoms with Crippen molar-refractivity contribution in [3.63, 3.8) is 0 Å². The Morgan fingerprint density at radius 2 is 1.91 bits per heavy atom. The van der Waals surface area contributed by atoms with Crippen LogP contribution >= 0.6 is 0 Å². The van der Waals surface area contributed by atoms with Crippen LogP contribution in [0.5, 0.6) is 0 Å². The molecule has 0 saturated carbocycles. The summed E-state index contributed by atoms with van der Waals surface area (Å²) in [5, 5.41) is 3.50. The molecule has 1 aliphatic rings. The van der Waals surface area contributed by atoms with Gasteiger partial charge in [0.25, 0.3) is 0 Å². The van der Waals surface area contributed by atoms with E-state index in [2.05, 4.69) is 50.3 Å². The summed E-state index contributed by atoms with van der Waals surface area (Å²) in [4.78, 5) is 15.5. The van der Waals surface area contributed by atoms with Crippen molar-refractivity contribution in [2.24, 2.45) is 5.92 Å². The number of nitrogens with one attached hydrogen (secondary N) is 1. The summed E-state index contributed by atoms with van der Waals surface area (Å²) in [6.07, 6.45) is 7.10. The summed E-state index contributed by atoms with van der Waals surface area (Å²) in [5.41, 5.74) is 2.39. The second-order valence-corrected chi connectivity index (χ2v) is 6.16. The molecule has 122 valence electrons. The van der Waals surface area contributed by atoms with Crippen LogP contribution in [0.3, 0.4) is 0 Å². The van der Waals surface area contributed by atoms with Crippen molar-refractivity contribution in [3.8, 4) is 0 Å². The zero-order valence-corrected chi connectivity index (χ0v) is 14.0. The van der Waals surface area contributed by atoms with Crippen molar-refractivity contribution in [2.45, 2.75) is 33.1 Å². The fourth-order valence-corrected chi connectivity index (χ4v) is 3.10. The minimum absolute atomic E-state index is 0.702. The van der Waals surface area contributed by atoms with Gasteiger partial charge in [0.15, 0.2) is 0 Å². The molecule has 0 unspecified atom stereocenters. The van der Waals surface area contributed by atoms with Crippen LogP contribution in [0.1, 0.15) is 31.3 Å². The van der Waals surface area contributed by atoms with Crippen LogP contribution in [0, 0.1) is 12.8 Å². The highest BCUT2D eigenvalue weighted by molar-refractivity contribution is 5.45. The average molecular weight is 311 g/mol. The van der Waals surface area contributed by atoms with Crippen molar-refractivity contribution in [1.29, 1.82) is 0 Å². The zero-order valence-electron chi connectivity index (χ0n) is 14.0. The van der Waals surface area contributed by atoms with Crippen molar-refractivity contribution >= 4 is 11.5 Å². The molecule has 3 rings (SSSR count). The Morgan fingerprint density at radius 1 is 1.17 bits per heavy atom. The number of hydrogen-bond donors (Lipinski definition) is 1. The van der Waals surface area contributed by atoms with Crippen molar-refractivity contribution in [2.75, 3.05) is 29.9 Å². The largest absolute Gasteiger partial charge is 0.371 e. The van der Waals surface area contributed by atoms with Crippen LogP contribution in [0.2, 0.25) is 0 Å².